The maximum Gasteiger partial charge on any atom is 0.417 e. The fraction of sp³-hybridized carbons (Fsp3) is 0.357. The zero-order valence-corrected chi connectivity index (χ0v) is 13.5. The normalized spacial score (nSPS) is 12.9. The first-order chi connectivity index (χ1) is 11.2. The minimum absolute atomic E-state index is 0.0635. The van der Waals surface area contributed by atoms with Crippen LogP contribution in [0, 0.1) is 0 Å². The van der Waals surface area contributed by atoms with Crippen LogP contribution in [-0.4, -0.2) is 34.5 Å². The molecule has 0 bridgehead atoms. The molecule has 0 saturated carbocycles. The number of methoxy groups -OCH3 is 1. The molecule has 2 rings (SSSR count). The molecule has 0 aliphatic heterocycles. The summed E-state index contributed by atoms with van der Waals surface area (Å²) in [4.78, 5) is 15.9. The number of halogens is 4. The third-order valence-corrected chi connectivity index (χ3v) is 3.39. The van der Waals surface area contributed by atoms with E-state index in [1.807, 2.05) is 6.92 Å². The van der Waals surface area contributed by atoms with Gasteiger partial charge >= 0.3 is 6.18 Å². The Morgan fingerprint density at radius 3 is 2.62 bits per heavy atom. The van der Waals surface area contributed by atoms with E-state index in [1.165, 1.54) is 13.3 Å². The number of alkyl halides is 3. The van der Waals surface area contributed by atoms with Crippen molar-refractivity contribution in [3.05, 3.63) is 45.5 Å². The SMILES string of the molecule is COCC(C)Nc1cnn(-c2ccc(C(F)(F)F)cn2)c(=O)c1Cl. The van der Waals surface area contributed by atoms with Crippen molar-refractivity contribution >= 4 is 17.3 Å². The van der Waals surface area contributed by atoms with Gasteiger partial charge in [0.15, 0.2) is 5.82 Å². The van der Waals surface area contributed by atoms with E-state index in [9.17, 15) is 18.0 Å². The fourth-order valence-corrected chi connectivity index (χ4v) is 2.12. The van der Waals surface area contributed by atoms with E-state index < -0.39 is 17.3 Å². The molecule has 2 aromatic rings. The minimum Gasteiger partial charge on any atom is -0.383 e. The van der Waals surface area contributed by atoms with Crippen LogP contribution in [0.5, 0.6) is 0 Å². The van der Waals surface area contributed by atoms with Crippen molar-refractivity contribution in [2.45, 2.75) is 19.1 Å². The zero-order chi connectivity index (χ0) is 17.9. The van der Waals surface area contributed by atoms with Crippen molar-refractivity contribution in [1.29, 1.82) is 0 Å². The van der Waals surface area contributed by atoms with Crippen LogP contribution in [0.25, 0.3) is 5.82 Å². The van der Waals surface area contributed by atoms with E-state index in [2.05, 4.69) is 15.4 Å². The Balaban J connectivity index is 2.32. The molecule has 1 N–H and O–H groups in total. The van der Waals surface area contributed by atoms with Gasteiger partial charge in [0.1, 0.15) is 5.02 Å². The summed E-state index contributed by atoms with van der Waals surface area (Å²) in [7, 11) is 1.53. The molecule has 10 heteroatoms. The highest BCUT2D eigenvalue weighted by Crippen LogP contribution is 2.28. The van der Waals surface area contributed by atoms with Crippen molar-refractivity contribution in [2.24, 2.45) is 0 Å². The highest BCUT2D eigenvalue weighted by molar-refractivity contribution is 6.32. The summed E-state index contributed by atoms with van der Waals surface area (Å²) in [6.07, 6.45) is -2.58. The first-order valence-electron chi connectivity index (χ1n) is 6.81. The zero-order valence-electron chi connectivity index (χ0n) is 12.8. The van der Waals surface area contributed by atoms with Crippen LogP contribution in [-0.2, 0) is 10.9 Å². The number of hydrogen-bond donors (Lipinski definition) is 1. The molecule has 0 aliphatic carbocycles. The summed E-state index contributed by atoms with van der Waals surface area (Å²) >= 11 is 6.01. The number of rotatable bonds is 5. The highest BCUT2D eigenvalue weighted by atomic mass is 35.5. The molecular formula is C14H14ClF3N4O2. The molecule has 130 valence electrons. The quantitative estimate of drug-likeness (QED) is 0.885. The van der Waals surface area contributed by atoms with Crippen molar-refractivity contribution in [3.8, 4) is 5.82 Å². The maximum absolute atomic E-state index is 12.5. The molecule has 0 aromatic carbocycles. The van der Waals surface area contributed by atoms with Gasteiger partial charge < -0.3 is 10.1 Å². The molecule has 2 aromatic heterocycles. The summed E-state index contributed by atoms with van der Waals surface area (Å²) in [6.45, 7) is 2.21. The van der Waals surface area contributed by atoms with Gasteiger partial charge in [-0.1, -0.05) is 11.6 Å². The third kappa shape index (κ3) is 4.04. The van der Waals surface area contributed by atoms with Gasteiger partial charge in [0, 0.05) is 19.3 Å². The number of anilines is 1. The largest absolute Gasteiger partial charge is 0.417 e. The Morgan fingerprint density at radius 1 is 1.38 bits per heavy atom. The van der Waals surface area contributed by atoms with E-state index in [1.54, 1.807) is 0 Å². The molecular weight excluding hydrogens is 349 g/mol. The summed E-state index contributed by atoms with van der Waals surface area (Å²) in [5.41, 5.74) is -1.31. The predicted molar refractivity (Wildman–Crippen MR) is 82.6 cm³/mol. The fourth-order valence-electron chi connectivity index (χ4n) is 1.93. The van der Waals surface area contributed by atoms with Crippen LogP contribution in [0.3, 0.4) is 0 Å². The lowest BCUT2D eigenvalue weighted by Crippen LogP contribution is -2.27. The average Bonchev–Trinajstić information content (AvgIpc) is 2.52. The number of nitrogens with zero attached hydrogens (tertiary/aromatic N) is 3. The van der Waals surface area contributed by atoms with Crippen LogP contribution in [0.1, 0.15) is 12.5 Å². The standard InChI is InChI=1S/C14H14ClF3N4O2/c1-8(7-24-2)21-10-6-20-22(13(23)12(10)15)11-4-3-9(5-19-11)14(16,17)18/h3-6,8,21H,7H2,1-2H3. The third-order valence-electron chi connectivity index (χ3n) is 3.03. The van der Waals surface area contributed by atoms with E-state index in [0.717, 1.165) is 16.8 Å². The molecule has 0 spiro atoms. The maximum atomic E-state index is 12.5. The van der Waals surface area contributed by atoms with Crippen LogP contribution in [0.4, 0.5) is 18.9 Å². The number of hydrogen-bond acceptors (Lipinski definition) is 5. The lowest BCUT2D eigenvalue weighted by molar-refractivity contribution is -0.137. The number of aromatic nitrogens is 3. The van der Waals surface area contributed by atoms with E-state index >= 15 is 0 Å². The van der Waals surface area contributed by atoms with Crippen molar-refractivity contribution in [3.63, 3.8) is 0 Å². The first-order valence-corrected chi connectivity index (χ1v) is 7.18. The topological polar surface area (TPSA) is 69.0 Å². The molecule has 2 heterocycles. The van der Waals surface area contributed by atoms with E-state index in [0.29, 0.717) is 18.5 Å². The molecule has 6 nitrogen and oxygen atoms in total. The number of nitrogens with one attached hydrogen (secondary N) is 1. The Morgan fingerprint density at radius 2 is 2.08 bits per heavy atom. The predicted octanol–water partition coefficient (Wildman–Crippen LogP) is 2.75. The summed E-state index contributed by atoms with van der Waals surface area (Å²) < 4.78 is 43.4. The summed E-state index contributed by atoms with van der Waals surface area (Å²) in [5.74, 6) is -0.0635. The second-order valence-corrected chi connectivity index (χ2v) is 5.37. The van der Waals surface area contributed by atoms with Crippen LogP contribution in [0.2, 0.25) is 5.02 Å². The Labute approximate surface area is 140 Å². The lowest BCUT2D eigenvalue weighted by atomic mass is 10.3. The summed E-state index contributed by atoms with van der Waals surface area (Å²) in [6, 6.07) is 1.75. The summed E-state index contributed by atoms with van der Waals surface area (Å²) in [5, 5.41) is 6.70. The molecule has 24 heavy (non-hydrogen) atoms. The smallest absolute Gasteiger partial charge is 0.383 e. The van der Waals surface area contributed by atoms with Crippen LogP contribution in [0.15, 0.2) is 29.3 Å². The van der Waals surface area contributed by atoms with Gasteiger partial charge in [-0.15, -0.1) is 0 Å². The van der Waals surface area contributed by atoms with Gasteiger partial charge in [-0.05, 0) is 19.1 Å². The highest BCUT2D eigenvalue weighted by Gasteiger charge is 2.30. The minimum atomic E-state index is -4.51. The molecule has 0 aliphatic rings. The van der Waals surface area contributed by atoms with E-state index in [-0.39, 0.29) is 16.9 Å². The molecule has 1 unspecified atom stereocenters. The second kappa shape index (κ2) is 7.18. The van der Waals surface area contributed by atoms with Crippen molar-refractivity contribution < 1.29 is 17.9 Å². The van der Waals surface area contributed by atoms with Crippen molar-refractivity contribution in [1.82, 2.24) is 14.8 Å². The molecule has 0 fully saturated rings. The molecule has 0 saturated heterocycles. The molecule has 1 atom stereocenters. The first kappa shape index (κ1) is 18.2. The van der Waals surface area contributed by atoms with Gasteiger partial charge in [0.05, 0.1) is 24.1 Å². The van der Waals surface area contributed by atoms with Crippen molar-refractivity contribution in [2.75, 3.05) is 19.0 Å². The Hall–Kier alpha value is -2.13. The second-order valence-electron chi connectivity index (χ2n) is 4.99. The number of pyridine rings is 1. The van der Waals surface area contributed by atoms with Gasteiger partial charge in [-0.25, -0.2) is 4.98 Å². The lowest BCUT2D eigenvalue weighted by Gasteiger charge is -2.15. The number of ether oxygens (including phenoxy) is 1. The van der Waals surface area contributed by atoms with Crippen LogP contribution < -0.4 is 10.9 Å². The van der Waals surface area contributed by atoms with Gasteiger partial charge in [-0.3, -0.25) is 4.79 Å². The van der Waals surface area contributed by atoms with Gasteiger partial charge in [-0.2, -0.15) is 23.0 Å². The van der Waals surface area contributed by atoms with E-state index in [4.69, 9.17) is 16.3 Å². The average molecular weight is 363 g/mol. The Kier molecular flexibility index (Phi) is 5.45. The van der Waals surface area contributed by atoms with Crippen LogP contribution >= 0.6 is 11.6 Å². The molecule has 0 radical (unpaired) electrons. The molecule has 0 amide bonds. The van der Waals surface area contributed by atoms with Gasteiger partial charge in [0.2, 0.25) is 0 Å². The monoisotopic (exact) mass is 362 g/mol. The van der Waals surface area contributed by atoms with Gasteiger partial charge in [0.25, 0.3) is 5.56 Å². The Bertz CT molecular complexity index is 762.